The molecule has 0 spiro atoms. The van der Waals surface area contributed by atoms with Crippen LogP contribution in [0, 0.1) is 6.92 Å². The van der Waals surface area contributed by atoms with Crippen molar-refractivity contribution in [2.75, 3.05) is 0 Å². The molecule has 2 N–H and O–H groups in total. The predicted octanol–water partition coefficient (Wildman–Crippen LogP) is 6.23. The molecular weight excluding hydrogens is 509 g/mol. The zero-order chi connectivity index (χ0) is 25.1. The molecule has 0 aliphatic heterocycles. The van der Waals surface area contributed by atoms with Gasteiger partial charge in [0.1, 0.15) is 6.04 Å². The van der Waals surface area contributed by atoms with Gasteiger partial charge in [0, 0.05) is 27.6 Å². The number of amides is 1. The Balaban J connectivity index is 1.76. The first-order valence-electron chi connectivity index (χ1n) is 10.6. The van der Waals surface area contributed by atoms with Crippen LogP contribution in [0.25, 0.3) is 16.9 Å². The van der Waals surface area contributed by atoms with E-state index in [1.54, 1.807) is 41.9 Å². The lowest BCUT2D eigenvalue weighted by Crippen LogP contribution is -2.42. The van der Waals surface area contributed by atoms with E-state index in [9.17, 15) is 14.7 Å². The number of carbonyl (C=O) groups excluding carboxylic acids is 1. The number of aromatic nitrogens is 2. The average Bonchev–Trinajstić information content (AvgIpc) is 3.16. The lowest BCUT2D eigenvalue weighted by Gasteiger charge is -2.14. The van der Waals surface area contributed by atoms with Crippen molar-refractivity contribution < 1.29 is 14.7 Å². The van der Waals surface area contributed by atoms with Gasteiger partial charge in [-0.25, -0.2) is 9.48 Å². The standard InChI is InChI=1S/C26H20Cl3N3O3/c1-15-23(25(33)30-21(26(34)35)13-16-5-3-2-4-6-16)31-32(22-12-11-19(28)14-20(22)29)24(15)17-7-9-18(27)10-8-17/h2-12,14,21H,13H2,1H3,(H,30,33)(H,34,35). The highest BCUT2D eigenvalue weighted by Gasteiger charge is 2.27. The Morgan fingerprint density at radius 3 is 2.26 bits per heavy atom. The summed E-state index contributed by atoms with van der Waals surface area (Å²) in [6.45, 7) is 1.75. The van der Waals surface area contributed by atoms with E-state index in [2.05, 4.69) is 10.4 Å². The Bertz CT molecular complexity index is 1390. The summed E-state index contributed by atoms with van der Waals surface area (Å²) in [6.07, 6.45) is 0.134. The van der Waals surface area contributed by atoms with E-state index in [1.807, 2.05) is 42.5 Å². The molecule has 9 heteroatoms. The van der Waals surface area contributed by atoms with Crippen LogP contribution in [0.2, 0.25) is 15.1 Å². The molecule has 0 aliphatic carbocycles. The van der Waals surface area contributed by atoms with Crippen molar-refractivity contribution in [3.63, 3.8) is 0 Å². The van der Waals surface area contributed by atoms with Crippen LogP contribution in [-0.2, 0) is 11.2 Å². The number of carboxylic acid groups (broad SMARTS) is 1. The number of hydrogen-bond acceptors (Lipinski definition) is 3. The third-order valence-corrected chi connectivity index (χ3v) is 6.27. The number of benzene rings is 3. The molecule has 1 amide bonds. The highest BCUT2D eigenvalue weighted by molar-refractivity contribution is 6.35. The predicted molar refractivity (Wildman–Crippen MR) is 138 cm³/mol. The minimum Gasteiger partial charge on any atom is -0.480 e. The quantitative estimate of drug-likeness (QED) is 0.298. The van der Waals surface area contributed by atoms with E-state index in [4.69, 9.17) is 34.8 Å². The molecule has 0 fully saturated rings. The highest BCUT2D eigenvalue weighted by Crippen LogP contribution is 2.33. The monoisotopic (exact) mass is 527 g/mol. The first-order valence-corrected chi connectivity index (χ1v) is 11.8. The molecule has 3 aromatic carbocycles. The minimum atomic E-state index is -1.14. The van der Waals surface area contributed by atoms with Crippen molar-refractivity contribution in [2.24, 2.45) is 0 Å². The van der Waals surface area contributed by atoms with Crippen molar-refractivity contribution in [1.82, 2.24) is 15.1 Å². The van der Waals surface area contributed by atoms with Gasteiger partial charge in [-0.15, -0.1) is 0 Å². The van der Waals surface area contributed by atoms with E-state index in [-0.39, 0.29) is 12.1 Å². The van der Waals surface area contributed by atoms with Crippen molar-refractivity contribution in [2.45, 2.75) is 19.4 Å². The zero-order valence-corrected chi connectivity index (χ0v) is 20.8. The van der Waals surface area contributed by atoms with Gasteiger partial charge >= 0.3 is 5.97 Å². The first kappa shape index (κ1) is 24.8. The van der Waals surface area contributed by atoms with Gasteiger partial charge < -0.3 is 10.4 Å². The topological polar surface area (TPSA) is 84.2 Å². The molecule has 4 aromatic rings. The summed E-state index contributed by atoms with van der Waals surface area (Å²) in [4.78, 5) is 25.2. The number of nitrogens with zero attached hydrogens (tertiary/aromatic N) is 2. The second kappa shape index (κ2) is 10.5. The molecule has 4 rings (SSSR count). The average molecular weight is 529 g/mol. The molecule has 1 aromatic heterocycles. The third-order valence-electron chi connectivity index (χ3n) is 5.48. The number of carbonyl (C=O) groups is 2. The molecule has 0 bridgehead atoms. The maximum atomic E-state index is 13.3. The summed E-state index contributed by atoms with van der Waals surface area (Å²) < 4.78 is 1.55. The molecule has 0 aliphatic rings. The molecule has 0 saturated carbocycles. The summed E-state index contributed by atoms with van der Waals surface area (Å²) in [5.74, 6) is -1.75. The van der Waals surface area contributed by atoms with Crippen LogP contribution in [0.15, 0.2) is 72.8 Å². The molecular formula is C26H20Cl3N3O3. The first-order chi connectivity index (χ1) is 16.7. The molecule has 0 saturated heterocycles. The molecule has 178 valence electrons. The van der Waals surface area contributed by atoms with Gasteiger partial charge in [-0.1, -0.05) is 77.3 Å². The van der Waals surface area contributed by atoms with Gasteiger partial charge in [-0.05, 0) is 42.8 Å². The van der Waals surface area contributed by atoms with Crippen LogP contribution in [-0.4, -0.2) is 32.8 Å². The van der Waals surface area contributed by atoms with Crippen molar-refractivity contribution in [1.29, 1.82) is 0 Å². The van der Waals surface area contributed by atoms with E-state index in [0.717, 1.165) is 11.1 Å². The van der Waals surface area contributed by atoms with Gasteiger partial charge in [-0.3, -0.25) is 4.79 Å². The Morgan fingerprint density at radius 2 is 1.63 bits per heavy atom. The van der Waals surface area contributed by atoms with Crippen LogP contribution in [0.3, 0.4) is 0 Å². The number of nitrogens with one attached hydrogen (secondary N) is 1. The second-order valence-electron chi connectivity index (χ2n) is 7.89. The maximum Gasteiger partial charge on any atom is 0.326 e. The van der Waals surface area contributed by atoms with E-state index in [0.29, 0.717) is 32.0 Å². The number of aliphatic carboxylic acids is 1. The fraction of sp³-hybridized carbons (Fsp3) is 0.115. The lowest BCUT2D eigenvalue weighted by atomic mass is 10.0. The van der Waals surface area contributed by atoms with Gasteiger partial charge in [0.2, 0.25) is 0 Å². The van der Waals surface area contributed by atoms with E-state index >= 15 is 0 Å². The van der Waals surface area contributed by atoms with Crippen LogP contribution >= 0.6 is 34.8 Å². The fourth-order valence-electron chi connectivity index (χ4n) is 3.76. The van der Waals surface area contributed by atoms with Gasteiger partial charge in [0.15, 0.2) is 5.69 Å². The second-order valence-corrected chi connectivity index (χ2v) is 9.17. The number of hydrogen-bond donors (Lipinski definition) is 2. The summed E-state index contributed by atoms with van der Waals surface area (Å²) >= 11 is 18.6. The number of rotatable bonds is 7. The summed E-state index contributed by atoms with van der Waals surface area (Å²) in [5.41, 5.74) is 3.31. The molecule has 0 radical (unpaired) electrons. The number of carboxylic acids is 1. The normalized spacial score (nSPS) is 11.8. The summed E-state index contributed by atoms with van der Waals surface area (Å²) in [5, 5.41) is 18.2. The van der Waals surface area contributed by atoms with Crippen molar-refractivity contribution in [3.8, 4) is 16.9 Å². The zero-order valence-electron chi connectivity index (χ0n) is 18.5. The van der Waals surface area contributed by atoms with Crippen LogP contribution in [0.4, 0.5) is 0 Å². The Labute approximate surface area is 217 Å². The summed E-state index contributed by atoms with van der Waals surface area (Å²) in [7, 11) is 0. The van der Waals surface area contributed by atoms with Crippen LogP contribution < -0.4 is 5.32 Å². The molecule has 6 nitrogen and oxygen atoms in total. The van der Waals surface area contributed by atoms with Gasteiger partial charge in [-0.2, -0.15) is 5.10 Å². The third kappa shape index (κ3) is 5.51. The molecule has 1 unspecified atom stereocenters. The smallest absolute Gasteiger partial charge is 0.326 e. The highest BCUT2D eigenvalue weighted by atomic mass is 35.5. The van der Waals surface area contributed by atoms with Crippen molar-refractivity contribution >= 4 is 46.7 Å². The summed E-state index contributed by atoms with van der Waals surface area (Å²) in [6, 6.07) is 20.0. The van der Waals surface area contributed by atoms with E-state index in [1.165, 1.54) is 0 Å². The maximum absolute atomic E-state index is 13.3. The molecule has 1 atom stereocenters. The number of halogens is 3. The largest absolute Gasteiger partial charge is 0.480 e. The van der Waals surface area contributed by atoms with Gasteiger partial charge in [0.05, 0.1) is 16.4 Å². The fourth-order valence-corrected chi connectivity index (χ4v) is 4.38. The molecule has 1 heterocycles. The van der Waals surface area contributed by atoms with Crippen LogP contribution in [0.5, 0.6) is 0 Å². The Hall–Kier alpha value is -3.32. The Kier molecular flexibility index (Phi) is 7.45. The van der Waals surface area contributed by atoms with E-state index < -0.39 is 17.9 Å². The minimum absolute atomic E-state index is 0.0836. The Morgan fingerprint density at radius 1 is 0.971 bits per heavy atom. The lowest BCUT2D eigenvalue weighted by molar-refractivity contribution is -0.139. The SMILES string of the molecule is Cc1c(C(=O)NC(Cc2ccccc2)C(=O)O)nn(-c2ccc(Cl)cc2Cl)c1-c1ccc(Cl)cc1. The van der Waals surface area contributed by atoms with Crippen molar-refractivity contribution in [3.05, 3.63) is 105 Å². The van der Waals surface area contributed by atoms with Gasteiger partial charge in [0.25, 0.3) is 5.91 Å². The molecule has 35 heavy (non-hydrogen) atoms. The van der Waals surface area contributed by atoms with Crippen LogP contribution in [0.1, 0.15) is 21.6 Å².